The molecule has 0 spiro atoms. The number of amides is 1. The summed E-state index contributed by atoms with van der Waals surface area (Å²) in [6, 6.07) is 7.37. The molecule has 7 heteroatoms. The van der Waals surface area contributed by atoms with Gasteiger partial charge < -0.3 is 10.4 Å². The second kappa shape index (κ2) is 9.04. The molecule has 3 rings (SSSR count). The van der Waals surface area contributed by atoms with E-state index in [1.54, 1.807) is 11.8 Å². The molecule has 1 aliphatic heterocycles. The van der Waals surface area contributed by atoms with E-state index in [4.69, 9.17) is 11.6 Å². The number of carboxylic acid groups (broad SMARTS) is 1. The van der Waals surface area contributed by atoms with Gasteiger partial charge in [0, 0.05) is 17.6 Å². The van der Waals surface area contributed by atoms with Crippen LogP contribution in [0.3, 0.4) is 0 Å². The molecule has 1 saturated heterocycles. The molecule has 2 aliphatic rings. The molecular formula is C20H28ClN3O3. The van der Waals surface area contributed by atoms with Crippen LogP contribution in [-0.2, 0) is 9.59 Å². The third-order valence-corrected chi connectivity index (χ3v) is 5.88. The highest BCUT2D eigenvalue weighted by Crippen LogP contribution is 2.30. The molecule has 148 valence electrons. The van der Waals surface area contributed by atoms with Gasteiger partial charge in [0.05, 0.1) is 12.6 Å². The summed E-state index contributed by atoms with van der Waals surface area (Å²) in [6.45, 7) is 4.23. The predicted octanol–water partition coefficient (Wildman–Crippen LogP) is 2.53. The molecule has 2 unspecified atom stereocenters. The fraction of sp³-hybridized carbons (Fsp3) is 0.600. The third-order valence-electron chi connectivity index (χ3n) is 5.54. The number of halogens is 1. The molecule has 27 heavy (non-hydrogen) atoms. The van der Waals surface area contributed by atoms with Gasteiger partial charge in [0.25, 0.3) is 0 Å². The van der Waals surface area contributed by atoms with Crippen LogP contribution in [0.5, 0.6) is 0 Å². The van der Waals surface area contributed by atoms with Gasteiger partial charge in [-0.3, -0.25) is 19.4 Å². The van der Waals surface area contributed by atoms with E-state index in [-0.39, 0.29) is 24.5 Å². The average Bonchev–Trinajstić information content (AvgIpc) is 3.35. The van der Waals surface area contributed by atoms with E-state index in [0.29, 0.717) is 11.6 Å². The van der Waals surface area contributed by atoms with Crippen molar-refractivity contribution in [2.24, 2.45) is 0 Å². The first-order chi connectivity index (χ1) is 13.0. The van der Waals surface area contributed by atoms with Crippen LogP contribution in [0.1, 0.15) is 44.2 Å². The summed E-state index contributed by atoms with van der Waals surface area (Å²) in [5, 5.41) is 13.0. The summed E-state index contributed by atoms with van der Waals surface area (Å²) in [4.78, 5) is 28.0. The Bertz CT molecular complexity index is 674. The highest BCUT2D eigenvalue weighted by Gasteiger charge is 2.36. The van der Waals surface area contributed by atoms with Crippen molar-refractivity contribution in [2.45, 2.75) is 50.7 Å². The minimum atomic E-state index is -0.888. The summed E-state index contributed by atoms with van der Waals surface area (Å²) in [5.41, 5.74) is 1.03. The van der Waals surface area contributed by atoms with Gasteiger partial charge in [-0.05, 0) is 57.3 Å². The molecule has 1 aliphatic carbocycles. The van der Waals surface area contributed by atoms with Crippen molar-refractivity contribution >= 4 is 23.5 Å². The molecule has 6 nitrogen and oxygen atoms in total. The molecule has 1 amide bonds. The van der Waals surface area contributed by atoms with Crippen LogP contribution in [0.25, 0.3) is 0 Å². The number of nitrogens with zero attached hydrogens (tertiary/aromatic N) is 2. The number of hydrogen-bond acceptors (Lipinski definition) is 4. The Morgan fingerprint density at radius 1 is 1.30 bits per heavy atom. The lowest BCUT2D eigenvalue weighted by atomic mass is 10.1. The zero-order chi connectivity index (χ0) is 19.4. The molecule has 0 aromatic heterocycles. The predicted molar refractivity (Wildman–Crippen MR) is 105 cm³/mol. The first kappa shape index (κ1) is 20.1. The fourth-order valence-corrected chi connectivity index (χ4v) is 4.06. The van der Waals surface area contributed by atoms with Crippen LogP contribution in [0.4, 0.5) is 0 Å². The Kier molecular flexibility index (Phi) is 6.73. The SMILES string of the molecule is CC(C(=O)O)N(CC(=O)NCC(c1ccccc1Cl)N1CCCC1)C1CC1. The first-order valence-corrected chi connectivity index (χ1v) is 10.1. The number of aliphatic carboxylic acids is 1. The Balaban J connectivity index is 1.63. The molecule has 1 heterocycles. The van der Waals surface area contributed by atoms with Crippen molar-refractivity contribution in [3.63, 3.8) is 0 Å². The van der Waals surface area contributed by atoms with Crippen molar-refractivity contribution in [2.75, 3.05) is 26.2 Å². The van der Waals surface area contributed by atoms with Gasteiger partial charge in [-0.15, -0.1) is 0 Å². The molecule has 0 radical (unpaired) electrons. The highest BCUT2D eigenvalue weighted by molar-refractivity contribution is 6.31. The smallest absolute Gasteiger partial charge is 0.320 e. The molecule has 1 saturated carbocycles. The Morgan fingerprint density at radius 3 is 2.56 bits per heavy atom. The van der Waals surface area contributed by atoms with E-state index < -0.39 is 12.0 Å². The lowest BCUT2D eigenvalue weighted by Crippen LogP contribution is -2.47. The quantitative estimate of drug-likeness (QED) is 0.674. The zero-order valence-electron chi connectivity index (χ0n) is 15.7. The molecule has 2 N–H and O–H groups in total. The van der Waals surface area contributed by atoms with E-state index >= 15 is 0 Å². The maximum atomic E-state index is 12.6. The van der Waals surface area contributed by atoms with Crippen LogP contribution in [-0.4, -0.2) is 65.0 Å². The maximum Gasteiger partial charge on any atom is 0.320 e. The Labute approximate surface area is 165 Å². The number of carbonyl (C=O) groups excluding carboxylic acids is 1. The van der Waals surface area contributed by atoms with Gasteiger partial charge in [0.15, 0.2) is 0 Å². The van der Waals surface area contributed by atoms with Crippen LogP contribution >= 0.6 is 11.6 Å². The molecule has 0 bridgehead atoms. The van der Waals surface area contributed by atoms with E-state index in [1.165, 1.54) is 0 Å². The van der Waals surface area contributed by atoms with E-state index in [0.717, 1.165) is 44.3 Å². The van der Waals surface area contributed by atoms with Crippen molar-refractivity contribution < 1.29 is 14.7 Å². The van der Waals surface area contributed by atoms with Crippen molar-refractivity contribution in [1.82, 2.24) is 15.1 Å². The number of benzene rings is 1. The standard InChI is InChI=1S/C20H28ClN3O3/c1-14(20(26)27)24(15-8-9-15)13-19(25)22-12-18(23-10-4-5-11-23)16-6-2-3-7-17(16)21/h2-3,6-7,14-15,18H,4-5,8-13H2,1H3,(H,22,25)(H,26,27). The average molecular weight is 394 g/mol. The summed E-state index contributed by atoms with van der Waals surface area (Å²) in [6.07, 6.45) is 4.23. The summed E-state index contributed by atoms with van der Waals surface area (Å²) in [5.74, 6) is -1.02. The minimum absolute atomic E-state index is 0.0384. The molecule has 2 fully saturated rings. The van der Waals surface area contributed by atoms with Crippen molar-refractivity contribution in [3.8, 4) is 0 Å². The van der Waals surface area contributed by atoms with Gasteiger partial charge in [-0.1, -0.05) is 29.8 Å². The third kappa shape index (κ3) is 5.21. The molecule has 2 atom stereocenters. The number of hydrogen-bond donors (Lipinski definition) is 2. The lowest BCUT2D eigenvalue weighted by Gasteiger charge is -2.30. The molecule has 1 aromatic carbocycles. The van der Waals surface area contributed by atoms with Crippen LogP contribution in [0.2, 0.25) is 5.02 Å². The van der Waals surface area contributed by atoms with Crippen LogP contribution < -0.4 is 5.32 Å². The normalized spacial score (nSPS) is 19.8. The van der Waals surface area contributed by atoms with Crippen molar-refractivity contribution in [3.05, 3.63) is 34.9 Å². The first-order valence-electron chi connectivity index (χ1n) is 9.71. The number of likely N-dealkylation sites (tertiary alicyclic amines) is 1. The van der Waals surface area contributed by atoms with Crippen LogP contribution in [0.15, 0.2) is 24.3 Å². The second-order valence-electron chi connectivity index (χ2n) is 7.50. The van der Waals surface area contributed by atoms with E-state index in [1.807, 2.05) is 24.3 Å². The minimum Gasteiger partial charge on any atom is -0.480 e. The van der Waals surface area contributed by atoms with Gasteiger partial charge in [-0.2, -0.15) is 0 Å². The van der Waals surface area contributed by atoms with E-state index in [9.17, 15) is 14.7 Å². The fourth-order valence-electron chi connectivity index (χ4n) is 3.80. The highest BCUT2D eigenvalue weighted by atomic mass is 35.5. The van der Waals surface area contributed by atoms with Gasteiger partial charge in [0.1, 0.15) is 6.04 Å². The van der Waals surface area contributed by atoms with E-state index in [2.05, 4.69) is 10.2 Å². The number of rotatable bonds is 9. The Hall–Kier alpha value is -1.63. The molecule has 1 aromatic rings. The summed E-state index contributed by atoms with van der Waals surface area (Å²) < 4.78 is 0. The second-order valence-corrected chi connectivity index (χ2v) is 7.91. The van der Waals surface area contributed by atoms with Gasteiger partial charge in [-0.25, -0.2) is 0 Å². The topological polar surface area (TPSA) is 72.9 Å². The summed E-state index contributed by atoms with van der Waals surface area (Å²) >= 11 is 6.41. The van der Waals surface area contributed by atoms with Gasteiger partial charge in [0.2, 0.25) is 5.91 Å². The zero-order valence-corrected chi connectivity index (χ0v) is 16.5. The lowest BCUT2D eigenvalue weighted by molar-refractivity contribution is -0.143. The van der Waals surface area contributed by atoms with Crippen LogP contribution in [0, 0.1) is 0 Å². The number of carbonyl (C=O) groups is 2. The van der Waals surface area contributed by atoms with Crippen molar-refractivity contribution in [1.29, 1.82) is 0 Å². The number of carboxylic acids is 1. The largest absolute Gasteiger partial charge is 0.480 e. The number of nitrogens with one attached hydrogen (secondary N) is 1. The Morgan fingerprint density at radius 2 is 1.96 bits per heavy atom. The summed E-state index contributed by atoms with van der Waals surface area (Å²) in [7, 11) is 0. The maximum absolute atomic E-state index is 12.6. The van der Waals surface area contributed by atoms with Gasteiger partial charge >= 0.3 is 5.97 Å². The molecular weight excluding hydrogens is 366 g/mol. The monoisotopic (exact) mass is 393 g/mol.